The molecule has 120 valence electrons. The van der Waals surface area contributed by atoms with Crippen LogP contribution >= 0.6 is 0 Å². The topological polar surface area (TPSA) is 58.6 Å². The van der Waals surface area contributed by atoms with Crippen LogP contribution < -0.4 is 5.32 Å². The number of hydrogen-bond acceptors (Lipinski definition) is 3. The number of benzene rings is 1. The van der Waals surface area contributed by atoms with Crippen LogP contribution in [0.5, 0.6) is 0 Å². The Hall–Kier alpha value is -2.04. The first kappa shape index (κ1) is 16.3. The highest BCUT2D eigenvalue weighted by Gasteiger charge is 2.43. The number of ether oxygens (including phenoxy) is 1. The number of urea groups is 1. The lowest BCUT2D eigenvalue weighted by atomic mass is 9.86. The highest BCUT2D eigenvalue weighted by atomic mass is 16.5. The monoisotopic (exact) mass is 304 g/mol. The number of nitrogens with one attached hydrogen (secondary N) is 1. The molecule has 0 unspecified atom stereocenters. The normalized spacial score (nSPS) is 24.8. The number of hydrogen-bond donors (Lipinski definition) is 1. The second-order valence-corrected chi connectivity index (χ2v) is 5.66. The van der Waals surface area contributed by atoms with Gasteiger partial charge in [-0.15, -0.1) is 0 Å². The zero-order chi connectivity index (χ0) is 16.1. The van der Waals surface area contributed by atoms with Crippen molar-refractivity contribution >= 4 is 12.0 Å². The number of carbonyl (C=O) groups excluding carboxylic acids is 2. The van der Waals surface area contributed by atoms with Crippen molar-refractivity contribution in [1.82, 2.24) is 10.2 Å². The zero-order valence-corrected chi connectivity index (χ0v) is 13.4. The third kappa shape index (κ3) is 3.40. The van der Waals surface area contributed by atoms with Crippen LogP contribution in [-0.4, -0.2) is 42.6 Å². The lowest BCUT2D eigenvalue weighted by molar-refractivity contribution is -0.149. The van der Waals surface area contributed by atoms with Crippen LogP contribution in [0.1, 0.15) is 25.8 Å². The van der Waals surface area contributed by atoms with E-state index in [-0.39, 0.29) is 30.0 Å². The van der Waals surface area contributed by atoms with Gasteiger partial charge < -0.3 is 15.0 Å². The average Bonchev–Trinajstić information content (AvgIpc) is 2.53. The molecule has 1 heterocycles. The van der Waals surface area contributed by atoms with Gasteiger partial charge in [-0.3, -0.25) is 4.79 Å². The van der Waals surface area contributed by atoms with Crippen LogP contribution in [0, 0.1) is 5.92 Å². The molecule has 0 aliphatic carbocycles. The van der Waals surface area contributed by atoms with Gasteiger partial charge in [0.05, 0.1) is 13.0 Å². The molecule has 1 saturated heterocycles. The minimum absolute atomic E-state index is 0.104. The van der Waals surface area contributed by atoms with Crippen LogP contribution in [0.15, 0.2) is 30.3 Å². The summed E-state index contributed by atoms with van der Waals surface area (Å²) >= 11 is 0. The molecule has 1 aromatic rings. The first-order valence-corrected chi connectivity index (χ1v) is 7.77. The van der Waals surface area contributed by atoms with E-state index in [1.807, 2.05) is 32.0 Å². The van der Waals surface area contributed by atoms with Gasteiger partial charge in [-0.25, -0.2) is 4.79 Å². The van der Waals surface area contributed by atoms with Crippen LogP contribution in [0.25, 0.3) is 0 Å². The molecule has 2 amide bonds. The van der Waals surface area contributed by atoms with E-state index in [1.165, 1.54) is 12.7 Å². The molecular weight excluding hydrogens is 280 g/mol. The number of methoxy groups -OCH3 is 1. The summed E-state index contributed by atoms with van der Waals surface area (Å²) in [5.41, 5.74) is 1.20. The van der Waals surface area contributed by atoms with Crippen LogP contribution in [0.2, 0.25) is 0 Å². The number of rotatable bonds is 5. The Morgan fingerprint density at radius 2 is 2.00 bits per heavy atom. The van der Waals surface area contributed by atoms with Crippen molar-refractivity contribution in [3.05, 3.63) is 35.9 Å². The second-order valence-electron chi connectivity index (χ2n) is 5.66. The van der Waals surface area contributed by atoms with E-state index in [9.17, 15) is 9.59 Å². The highest BCUT2D eigenvalue weighted by Crippen LogP contribution is 2.25. The number of nitrogens with zero attached hydrogens (tertiary/aromatic N) is 1. The Bertz CT molecular complexity index is 518. The fourth-order valence-electron chi connectivity index (χ4n) is 3.19. The van der Waals surface area contributed by atoms with E-state index in [1.54, 1.807) is 4.90 Å². The Labute approximate surface area is 131 Å². The van der Waals surface area contributed by atoms with Crippen molar-refractivity contribution in [3.63, 3.8) is 0 Å². The molecule has 1 aliphatic heterocycles. The maximum atomic E-state index is 12.2. The molecule has 1 N–H and O–H groups in total. The molecule has 0 spiro atoms. The standard InChI is InChI=1S/C17H24N2O3/c1-4-19-12(2)15(16(20)22-3)14(18-17(19)21)11-10-13-8-6-5-7-9-13/h5-9,12,14-15H,4,10-11H2,1-3H3,(H,18,21)/t12-,14+,15+/m1/s1. The molecule has 0 bridgehead atoms. The summed E-state index contributed by atoms with van der Waals surface area (Å²) in [6.45, 7) is 4.40. The van der Waals surface area contributed by atoms with E-state index in [0.717, 1.165) is 12.8 Å². The summed E-state index contributed by atoms with van der Waals surface area (Å²) in [6.07, 6.45) is 1.54. The molecule has 0 radical (unpaired) electrons. The van der Waals surface area contributed by atoms with Crippen molar-refractivity contribution in [2.45, 2.75) is 38.8 Å². The van der Waals surface area contributed by atoms with Gasteiger partial charge in [0, 0.05) is 18.6 Å². The van der Waals surface area contributed by atoms with Crippen LogP contribution in [0.4, 0.5) is 4.79 Å². The Morgan fingerprint density at radius 1 is 1.32 bits per heavy atom. The Kier molecular flexibility index (Phi) is 5.41. The van der Waals surface area contributed by atoms with Crippen molar-refractivity contribution in [1.29, 1.82) is 0 Å². The predicted octanol–water partition coefficient (Wildman–Crippen LogP) is 2.21. The fourth-order valence-corrected chi connectivity index (χ4v) is 3.19. The SMILES string of the molecule is CCN1C(=O)N[C@@H](CCc2ccccc2)[C@@H](C(=O)OC)[C@H]1C. The lowest BCUT2D eigenvalue weighted by Crippen LogP contribution is -2.63. The van der Waals surface area contributed by atoms with E-state index in [2.05, 4.69) is 17.4 Å². The summed E-state index contributed by atoms with van der Waals surface area (Å²) in [5.74, 6) is -0.602. The van der Waals surface area contributed by atoms with Gasteiger partial charge in [0.15, 0.2) is 0 Å². The van der Waals surface area contributed by atoms with E-state index in [4.69, 9.17) is 4.74 Å². The highest BCUT2D eigenvalue weighted by molar-refractivity contribution is 5.81. The van der Waals surface area contributed by atoms with E-state index in [0.29, 0.717) is 6.54 Å². The number of amides is 2. The molecule has 2 rings (SSSR count). The molecule has 5 nitrogen and oxygen atoms in total. The van der Waals surface area contributed by atoms with Crippen molar-refractivity contribution in [2.75, 3.05) is 13.7 Å². The molecule has 0 saturated carbocycles. The summed E-state index contributed by atoms with van der Waals surface area (Å²) in [4.78, 5) is 26.0. The van der Waals surface area contributed by atoms with Gasteiger partial charge in [0.2, 0.25) is 0 Å². The van der Waals surface area contributed by atoms with Gasteiger partial charge in [-0.1, -0.05) is 30.3 Å². The molecule has 0 aromatic heterocycles. The third-order valence-corrected chi connectivity index (χ3v) is 4.42. The number of aryl methyl sites for hydroxylation is 1. The summed E-state index contributed by atoms with van der Waals surface area (Å²) in [7, 11) is 1.40. The molecule has 3 atom stereocenters. The smallest absolute Gasteiger partial charge is 0.317 e. The number of esters is 1. The average molecular weight is 304 g/mol. The van der Waals surface area contributed by atoms with Crippen LogP contribution in [0.3, 0.4) is 0 Å². The van der Waals surface area contributed by atoms with Crippen LogP contribution in [-0.2, 0) is 16.0 Å². The first-order chi connectivity index (χ1) is 10.6. The minimum Gasteiger partial charge on any atom is -0.469 e. The predicted molar refractivity (Wildman–Crippen MR) is 84.4 cm³/mol. The number of carbonyl (C=O) groups is 2. The lowest BCUT2D eigenvalue weighted by Gasteiger charge is -2.42. The van der Waals surface area contributed by atoms with E-state index < -0.39 is 0 Å². The van der Waals surface area contributed by atoms with E-state index >= 15 is 0 Å². The quantitative estimate of drug-likeness (QED) is 0.849. The van der Waals surface area contributed by atoms with Gasteiger partial charge in [-0.2, -0.15) is 0 Å². The molecular formula is C17H24N2O3. The minimum atomic E-state index is -0.341. The molecule has 22 heavy (non-hydrogen) atoms. The Balaban J connectivity index is 2.12. The Morgan fingerprint density at radius 3 is 2.59 bits per heavy atom. The maximum absolute atomic E-state index is 12.2. The third-order valence-electron chi connectivity index (χ3n) is 4.42. The molecule has 1 aliphatic rings. The van der Waals surface area contributed by atoms with Gasteiger partial charge in [-0.05, 0) is 32.3 Å². The summed E-state index contributed by atoms with van der Waals surface area (Å²) in [5, 5.41) is 2.97. The van der Waals surface area contributed by atoms with Gasteiger partial charge in [0.25, 0.3) is 0 Å². The molecule has 1 aromatic carbocycles. The maximum Gasteiger partial charge on any atom is 0.317 e. The molecule has 1 fully saturated rings. The van der Waals surface area contributed by atoms with Crippen molar-refractivity contribution in [3.8, 4) is 0 Å². The first-order valence-electron chi connectivity index (χ1n) is 7.77. The van der Waals surface area contributed by atoms with Gasteiger partial charge in [0.1, 0.15) is 0 Å². The summed E-state index contributed by atoms with van der Waals surface area (Å²) < 4.78 is 4.95. The summed E-state index contributed by atoms with van der Waals surface area (Å²) in [6, 6.07) is 9.61. The second kappa shape index (κ2) is 7.29. The van der Waals surface area contributed by atoms with Crippen molar-refractivity contribution in [2.24, 2.45) is 5.92 Å². The fraction of sp³-hybridized carbons (Fsp3) is 0.529. The van der Waals surface area contributed by atoms with Crippen molar-refractivity contribution < 1.29 is 14.3 Å². The largest absolute Gasteiger partial charge is 0.469 e. The molecule has 5 heteroatoms. The van der Waals surface area contributed by atoms with Gasteiger partial charge >= 0.3 is 12.0 Å². The zero-order valence-electron chi connectivity index (χ0n) is 13.4.